The van der Waals surface area contributed by atoms with Gasteiger partial charge in [-0.15, -0.1) is 0 Å². The van der Waals surface area contributed by atoms with Gasteiger partial charge >= 0.3 is 5.97 Å². The molecule has 5 nitrogen and oxygen atoms in total. The molecule has 0 fully saturated rings. The third-order valence-electron chi connectivity index (χ3n) is 2.22. The molecule has 0 amide bonds. The molecular formula is C11H14O5. The Morgan fingerprint density at radius 1 is 1.38 bits per heavy atom. The van der Waals surface area contributed by atoms with Crippen LogP contribution in [0, 0.1) is 0 Å². The Balaban J connectivity index is 2.74. The molecule has 3 N–H and O–H groups in total. The number of ether oxygens (including phenoxy) is 1. The first kappa shape index (κ1) is 12.5. The van der Waals surface area contributed by atoms with Gasteiger partial charge in [0.05, 0.1) is 19.6 Å². The smallest absolute Gasteiger partial charge is 0.308 e. The van der Waals surface area contributed by atoms with Crippen LogP contribution in [0.3, 0.4) is 0 Å². The highest BCUT2D eigenvalue weighted by atomic mass is 16.5. The van der Waals surface area contributed by atoms with E-state index in [1.54, 1.807) is 12.1 Å². The van der Waals surface area contributed by atoms with E-state index >= 15 is 0 Å². The maximum atomic E-state index is 10.9. The molecule has 0 saturated carbocycles. The maximum absolute atomic E-state index is 10.9. The fraction of sp³-hybridized carbons (Fsp3) is 0.364. The van der Waals surface area contributed by atoms with Gasteiger partial charge in [0, 0.05) is 5.56 Å². The molecular weight excluding hydrogens is 212 g/mol. The number of carbonyl (C=O) groups excluding carboxylic acids is 1. The van der Waals surface area contributed by atoms with Gasteiger partial charge in [-0.2, -0.15) is 0 Å². The monoisotopic (exact) mass is 226 g/mol. The molecule has 0 aliphatic heterocycles. The molecule has 0 heterocycles. The van der Waals surface area contributed by atoms with Crippen LogP contribution in [-0.2, 0) is 9.53 Å². The van der Waals surface area contributed by atoms with Gasteiger partial charge in [0.25, 0.3) is 0 Å². The highest BCUT2D eigenvalue weighted by molar-refractivity contribution is 5.69. The van der Waals surface area contributed by atoms with Crippen molar-refractivity contribution >= 4 is 5.97 Å². The lowest BCUT2D eigenvalue weighted by Gasteiger charge is -2.17. The summed E-state index contributed by atoms with van der Waals surface area (Å²) in [4.78, 5) is 10.9. The summed E-state index contributed by atoms with van der Waals surface area (Å²) in [5, 5.41) is 28.7. The van der Waals surface area contributed by atoms with Crippen molar-refractivity contribution in [2.75, 3.05) is 7.11 Å². The number of phenolic OH excluding ortho intramolecular Hbond substituents is 1. The number of benzene rings is 1. The number of hydrogen-bond acceptors (Lipinski definition) is 5. The summed E-state index contributed by atoms with van der Waals surface area (Å²) in [7, 11) is 1.20. The number of rotatable bonds is 4. The predicted octanol–water partition coefficient (Wildman–Crippen LogP) is 0.350. The van der Waals surface area contributed by atoms with Gasteiger partial charge in [0.1, 0.15) is 11.9 Å². The number of methoxy groups -OCH3 is 1. The van der Waals surface area contributed by atoms with E-state index in [9.17, 15) is 20.1 Å². The van der Waals surface area contributed by atoms with E-state index in [1.807, 2.05) is 0 Å². The van der Waals surface area contributed by atoms with Crippen molar-refractivity contribution in [2.24, 2.45) is 0 Å². The first-order valence-corrected chi connectivity index (χ1v) is 4.77. The summed E-state index contributed by atoms with van der Waals surface area (Å²) in [6.07, 6.45) is -2.95. The summed E-state index contributed by atoms with van der Waals surface area (Å²) in [5.41, 5.74) is 0.180. The van der Waals surface area contributed by atoms with E-state index in [0.29, 0.717) is 0 Å². The molecule has 1 aromatic rings. The Labute approximate surface area is 92.9 Å². The first-order valence-electron chi connectivity index (χ1n) is 4.77. The molecule has 0 bridgehead atoms. The van der Waals surface area contributed by atoms with Gasteiger partial charge < -0.3 is 20.1 Å². The lowest BCUT2D eigenvalue weighted by Crippen LogP contribution is -2.22. The normalized spacial score (nSPS) is 14.2. The standard InChI is InChI=1S/C11H14O5/c1-16-10(14)6-9(13)11(15)7-4-2-3-5-8(7)12/h2-5,9,11-13,15H,6H2,1H3. The zero-order valence-corrected chi connectivity index (χ0v) is 8.83. The molecule has 0 aliphatic rings. The van der Waals surface area contributed by atoms with Gasteiger partial charge in [0.2, 0.25) is 0 Å². The molecule has 2 unspecified atom stereocenters. The second-order valence-corrected chi connectivity index (χ2v) is 3.35. The molecule has 16 heavy (non-hydrogen) atoms. The number of aromatic hydroxyl groups is 1. The van der Waals surface area contributed by atoms with Gasteiger partial charge in [-0.05, 0) is 6.07 Å². The summed E-state index contributed by atoms with van der Waals surface area (Å²) in [5.74, 6) is -0.749. The summed E-state index contributed by atoms with van der Waals surface area (Å²) in [6, 6.07) is 6.07. The Kier molecular flexibility index (Phi) is 4.28. The number of para-hydroxylation sites is 1. The minimum absolute atomic E-state index is 0.126. The fourth-order valence-corrected chi connectivity index (χ4v) is 1.31. The van der Waals surface area contributed by atoms with E-state index < -0.39 is 18.2 Å². The number of hydrogen-bond donors (Lipinski definition) is 3. The van der Waals surface area contributed by atoms with Crippen LogP contribution in [0.4, 0.5) is 0 Å². The third-order valence-corrected chi connectivity index (χ3v) is 2.22. The summed E-state index contributed by atoms with van der Waals surface area (Å²) < 4.78 is 4.36. The van der Waals surface area contributed by atoms with E-state index in [0.717, 1.165) is 0 Å². The zero-order valence-electron chi connectivity index (χ0n) is 8.83. The van der Waals surface area contributed by atoms with Crippen LogP contribution in [0.15, 0.2) is 24.3 Å². The van der Waals surface area contributed by atoms with E-state index in [2.05, 4.69) is 4.74 Å². The fourth-order valence-electron chi connectivity index (χ4n) is 1.31. The van der Waals surface area contributed by atoms with Crippen molar-refractivity contribution < 1.29 is 24.9 Å². The average Bonchev–Trinajstić information content (AvgIpc) is 2.28. The minimum atomic E-state index is -1.32. The Bertz CT molecular complexity index is 363. The van der Waals surface area contributed by atoms with Crippen molar-refractivity contribution in [3.63, 3.8) is 0 Å². The lowest BCUT2D eigenvalue weighted by molar-refractivity contribution is -0.144. The van der Waals surface area contributed by atoms with Crippen LogP contribution in [-0.4, -0.2) is 34.5 Å². The Morgan fingerprint density at radius 3 is 2.56 bits per heavy atom. The molecule has 0 saturated heterocycles. The topological polar surface area (TPSA) is 87.0 Å². The van der Waals surface area contributed by atoms with Crippen molar-refractivity contribution in [2.45, 2.75) is 18.6 Å². The second kappa shape index (κ2) is 5.48. The molecule has 0 spiro atoms. The van der Waals surface area contributed by atoms with Crippen molar-refractivity contribution in [3.05, 3.63) is 29.8 Å². The van der Waals surface area contributed by atoms with Gasteiger partial charge in [-0.25, -0.2) is 0 Å². The molecule has 1 rings (SSSR count). The lowest BCUT2D eigenvalue weighted by atomic mass is 10.0. The highest BCUT2D eigenvalue weighted by Crippen LogP contribution is 2.26. The van der Waals surface area contributed by atoms with Crippen LogP contribution in [0.1, 0.15) is 18.1 Å². The van der Waals surface area contributed by atoms with Crippen LogP contribution >= 0.6 is 0 Å². The van der Waals surface area contributed by atoms with Gasteiger partial charge in [-0.3, -0.25) is 4.79 Å². The molecule has 1 aromatic carbocycles. The third kappa shape index (κ3) is 2.95. The second-order valence-electron chi connectivity index (χ2n) is 3.35. The number of esters is 1. The molecule has 2 atom stereocenters. The average molecular weight is 226 g/mol. The Hall–Kier alpha value is -1.59. The van der Waals surface area contributed by atoms with Crippen molar-refractivity contribution in [1.29, 1.82) is 0 Å². The van der Waals surface area contributed by atoms with Gasteiger partial charge in [-0.1, -0.05) is 18.2 Å². The zero-order chi connectivity index (χ0) is 12.1. The van der Waals surface area contributed by atoms with Crippen molar-refractivity contribution in [3.8, 4) is 5.75 Å². The number of phenols is 1. The van der Waals surface area contributed by atoms with Crippen LogP contribution in [0.5, 0.6) is 5.75 Å². The maximum Gasteiger partial charge on any atom is 0.308 e. The summed E-state index contributed by atoms with van der Waals surface area (Å²) in [6.45, 7) is 0. The molecule has 0 aromatic heterocycles. The number of aliphatic hydroxyl groups is 2. The van der Waals surface area contributed by atoms with E-state index in [-0.39, 0.29) is 17.7 Å². The molecule has 5 heteroatoms. The van der Waals surface area contributed by atoms with Crippen LogP contribution in [0.25, 0.3) is 0 Å². The number of carbonyl (C=O) groups is 1. The Morgan fingerprint density at radius 2 is 2.00 bits per heavy atom. The largest absolute Gasteiger partial charge is 0.508 e. The molecule has 0 radical (unpaired) electrons. The molecule has 88 valence electrons. The van der Waals surface area contributed by atoms with E-state index in [1.165, 1.54) is 19.2 Å². The molecule has 0 aliphatic carbocycles. The minimum Gasteiger partial charge on any atom is -0.508 e. The van der Waals surface area contributed by atoms with Crippen molar-refractivity contribution in [1.82, 2.24) is 0 Å². The highest BCUT2D eigenvalue weighted by Gasteiger charge is 2.23. The van der Waals surface area contributed by atoms with Crippen LogP contribution in [0.2, 0.25) is 0 Å². The summed E-state index contributed by atoms with van der Waals surface area (Å²) >= 11 is 0. The quantitative estimate of drug-likeness (QED) is 0.645. The van der Waals surface area contributed by atoms with E-state index in [4.69, 9.17) is 0 Å². The van der Waals surface area contributed by atoms with Gasteiger partial charge in [0.15, 0.2) is 0 Å². The van der Waals surface area contributed by atoms with Crippen LogP contribution < -0.4 is 0 Å². The predicted molar refractivity (Wildman–Crippen MR) is 55.7 cm³/mol. The first-order chi connectivity index (χ1) is 7.56. The SMILES string of the molecule is COC(=O)CC(O)C(O)c1ccccc1O. The number of aliphatic hydroxyl groups excluding tert-OH is 2.